The van der Waals surface area contributed by atoms with Gasteiger partial charge in [0.25, 0.3) is 0 Å². The zero-order valence-electron chi connectivity index (χ0n) is 42.2. The predicted octanol–water partition coefficient (Wildman–Crippen LogP) is 20.8. The lowest BCUT2D eigenvalue weighted by molar-refractivity contribution is 0.251. The van der Waals surface area contributed by atoms with Gasteiger partial charge >= 0.3 is 0 Å². The molecule has 9 aromatic carbocycles. The summed E-state index contributed by atoms with van der Waals surface area (Å²) in [7, 11) is 0. The van der Waals surface area contributed by atoms with Crippen LogP contribution < -0.4 is 0 Å². The standard InChI is InChI=1S/C68H70.CH4/c1-10-44(11-2)54(13-4)55(14-5)52-34-41(6)18-28-58-56(29-23-46-20-19-43(35-52)36-62(46)58)48-25-31-59-60-32-26-49(40-64(60)68(8,9)63(59)39-48)57-30-24-47-21-22-50-37-53(65-42(7)16-15-17-45(65)12-3)38-51-27-33-61(57)67(47)66(50)51;/h17-40,42,44,54-55,65H,10-16H2,1-9H3;1H4. The lowest BCUT2D eigenvalue weighted by atomic mass is 9.73. The molecule has 0 nitrogen and oxygen atoms in total. The van der Waals surface area contributed by atoms with Gasteiger partial charge in [-0.05, 0) is 184 Å². The van der Waals surface area contributed by atoms with Crippen LogP contribution in [0, 0.1) is 24.7 Å². The van der Waals surface area contributed by atoms with Crippen LogP contribution in [-0.4, -0.2) is 0 Å². The third-order valence-corrected chi connectivity index (χ3v) is 17.5. The molecule has 11 rings (SSSR count). The third kappa shape index (κ3) is 7.73. The van der Waals surface area contributed by atoms with Crippen molar-refractivity contribution in [1.82, 2.24) is 0 Å². The summed E-state index contributed by atoms with van der Waals surface area (Å²) in [6, 6.07) is 55.5. The summed E-state index contributed by atoms with van der Waals surface area (Å²) in [6.45, 7) is 21.5. The van der Waals surface area contributed by atoms with Gasteiger partial charge in [-0.15, -0.1) is 0 Å². The van der Waals surface area contributed by atoms with E-state index in [1.807, 2.05) is 0 Å². The van der Waals surface area contributed by atoms with Gasteiger partial charge in [-0.2, -0.15) is 0 Å². The van der Waals surface area contributed by atoms with Crippen LogP contribution in [0.15, 0.2) is 151 Å². The predicted molar refractivity (Wildman–Crippen MR) is 304 cm³/mol. The monoisotopic (exact) mass is 903 g/mol. The van der Waals surface area contributed by atoms with Gasteiger partial charge in [-0.25, -0.2) is 0 Å². The van der Waals surface area contributed by atoms with Crippen LogP contribution in [0.5, 0.6) is 0 Å². The average molecular weight is 903 g/mol. The number of hydrogen-bond donors (Lipinski definition) is 0. The van der Waals surface area contributed by atoms with Crippen molar-refractivity contribution in [2.45, 2.75) is 132 Å². The molecule has 0 fully saturated rings. The topological polar surface area (TPSA) is 0 Å². The molecule has 69 heavy (non-hydrogen) atoms. The average Bonchev–Trinajstić information content (AvgIpc) is 3.58. The van der Waals surface area contributed by atoms with E-state index in [9.17, 15) is 0 Å². The van der Waals surface area contributed by atoms with Gasteiger partial charge in [0.1, 0.15) is 0 Å². The number of benzene rings is 8. The molecular formula is C69H74. The Bertz CT molecular complexity index is 3440. The Morgan fingerprint density at radius 2 is 1.13 bits per heavy atom. The smallest absolute Gasteiger partial charge is 0.0159 e. The van der Waals surface area contributed by atoms with E-state index in [1.54, 1.807) is 5.57 Å². The number of rotatable bonds is 11. The maximum atomic E-state index is 2.52. The van der Waals surface area contributed by atoms with Crippen LogP contribution in [-0.2, 0) is 5.41 Å². The zero-order chi connectivity index (χ0) is 47.0. The van der Waals surface area contributed by atoms with E-state index in [2.05, 4.69) is 208 Å². The fourth-order valence-electron chi connectivity index (χ4n) is 13.9. The highest BCUT2D eigenvalue weighted by molar-refractivity contribution is 6.25. The summed E-state index contributed by atoms with van der Waals surface area (Å²) in [5, 5.41) is 13.4. The van der Waals surface area contributed by atoms with E-state index in [0.717, 1.165) is 18.8 Å². The molecule has 9 aromatic rings. The fraction of sp³-hybridized carbons (Fsp3) is 0.333. The second-order valence-corrected chi connectivity index (χ2v) is 21.6. The van der Waals surface area contributed by atoms with Crippen molar-refractivity contribution in [2.24, 2.45) is 17.8 Å². The maximum Gasteiger partial charge on any atom is 0.0159 e. The molecule has 350 valence electrons. The summed E-state index contributed by atoms with van der Waals surface area (Å²) < 4.78 is 0. The van der Waals surface area contributed by atoms with Crippen molar-refractivity contribution < 1.29 is 0 Å². The molecule has 4 atom stereocenters. The highest BCUT2D eigenvalue weighted by atomic mass is 14.4. The molecule has 0 aliphatic heterocycles. The quantitative estimate of drug-likeness (QED) is 0.0896. The molecule has 0 heterocycles. The van der Waals surface area contributed by atoms with Crippen LogP contribution in [0.1, 0.15) is 147 Å². The zero-order valence-corrected chi connectivity index (χ0v) is 42.2. The van der Waals surface area contributed by atoms with Gasteiger partial charge in [-0.1, -0.05) is 221 Å². The van der Waals surface area contributed by atoms with E-state index < -0.39 is 0 Å². The number of aryl methyl sites for hydroxylation is 1. The van der Waals surface area contributed by atoms with Gasteiger partial charge in [0.2, 0.25) is 0 Å². The normalized spacial score (nSPS) is 17.3. The fourth-order valence-corrected chi connectivity index (χ4v) is 13.9. The molecule has 0 radical (unpaired) electrons. The lowest BCUT2D eigenvalue weighted by Gasteiger charge is -2.32. The van der Waals surface area contributed by atoms with Crippen LogP contribution in [0.25, 0.3) is 87.2 Å². The van der Waals surface area contributed by atoms with Crippen LogP contribution in [0.2, 0.25) is 0 Å². The van der Waals surface area contributed by atoms with E-state index in [4.69, 9.17) is 0 Å². The van der Waals surface area contributed by atoms with Gasteiger partial charge in [0, 0.05) is 11.3 Å². The first-order valence-corrected chi connectivity index (χ1v) is 26.4. The van der Waals surface area contributed by atoms with Crippen molar-refractivity contribution in [2.75, 3.05) is 0 Å². The summed E-state index contributed by atoms with van der Waals surface area (Å²) in [4.78, 5) is 0. The first-order valence-electron chi connectivity index (χ1n) is 26.4. The largest absolute Gasteiger partial charge is 0.0847 e. The Labute approximate surface area is 413 Å². The van der Waals surface area contributed by atoms with Crippen LogP contribution in [0.3, 0.4) is 0 Å². The first-order chi connectivity index (χ1) is 33.0. The molecule has 2 aliphatic rings. The van der Waals surface area contributed by atoms with E-state index in [-0.39, 0.29) is 12.8 Å². The van der Waals surface area contributed by atoms with Crippen LogP contribution >= 0.6 is 0 Å². The van der Waals surface area contributed by atoms with Gasteiger partial charge in [-0.3, -0.25) is 0 Å². The molecule has 0 aromatic heterocycles. The van der Waals surface area contributed by atoms with Crippen molar-refractivity contribution in [1.29, 1.82) is 0 Å². The summed E-state index contributed by atoms with van der Waals surface area (Å²) >= 11 is 0. The third-order valence-electron chi connectivity index (χ3n) is 17.5. The Balaban J connectivity index is 0.00000553. The molecule has 0 spiro atoms. The van der Waals surface area contributed by atoms with E-state index in [1.165, 1.54) is 147 Å². The molecule has 2 bridgehead atoms. The minimum Gasteiger partial charge on any atom is -0.0847 e. The van der Waals surface area contributed by atoms with Crippen LogP contribution in [0.4, 0.5) is 0 Å². The second kappa shape index (κ2) is 18.4. The van der Waals surface area contributed by atoms with E-state index >= 15 is 0 Å². The number of fused-ring (bicyclic) bond motifs is 4. The Morgan fingerprint density at radius 1 is 0.536 bits per heavy atom. The first kappa shape index (κ1) is 46.7. The van der Waals surface area contributed by atoms with Crippen molar-refractivity contribution >= 4 is 53.9 Å². The highest BCUT2D eigenvalue weighted by Gasteiger charge is 2.36. The molecule has 0 amide bonds. The Hall–Kier alpha value is -5.98. The maximum absolute atomic E-state index is 2.52. The molecule has 2 aliphatic carbocycles. The summed E-state index contributed by atoms with van der Waals surface area (Å²) in [5.74, 6) is 3.15. The molecule has 0 saturated carbocycles. The van der Waals surface area contributed by atoms with Gasteiger partial charge < -0.3 is 0 Å². The van der Waals surface area contributed by atoms with Crippen molar-refractivity contribution in [3.63, 3.8) is 0 Å². The Kier molecular flexibility index (Phi) is 12.5. The number of allylic oxidation sites excluding steroid dienone is 2. The Morgan fingerprint density at radius 3 is 1.78 bits per heavy atom. The number of hydrogen-bond acceptors (Lipinski definition) is 0. The molecule has 0 heteroatoms. The molecule has 0 saturated heterocycles. The lowest BCUT2D eigenvalue weighted by Crippen LogP contribution is -2.20. The summed E-state index contributed by atoms with van der Waals surface area (Å²) in [5.41, 5.74) is 16.4. The van der Waals surface area contributed by atoms with E-state index in [0.29, 0.717) is 23.7 Å². The van der Waals surface area contributed by atoms with Gasteiger partial charge in [0.05, 0.1) is 0 Å². The molecule has 4 unspecified atom stereocenters. The second-order valence-electron chi connectivity index (χ2n) is 21.6. The van der Waals surface area contributed by atoms with Gasteiger partial charge in [0.15, 0.2) is 0 Å². The van der Waals surface area contributed by atoms with Crippen molar-refractivity contribution in [3.05, 3.63) is 179 Å². The van der Waals surface area contributed by atoms with Crippen molar-refractivity contribution in [3.8, 4) is 33.4 Å². The minimum absolute atomic E-state index is 0. The minimum atomic E-state index is -0.166. The SMILES string of the molecule is C.CCC1=CCCC(C)C1c1cc2ccc3ccc(-c4ccc5c(c4)C(C)(C)c4cc(-c6ccc7ccc8cc(C(CC)C(CC)C(CC)CC)cc(C)ccc6c7c8)ccc4-5)c4ccc(c1)c2c34. The summed E-state index contributed by atoms with van der Waals surface area (Å²) in [6.07, 6.45) is 11.0. The highest BCUT2D eigenvalue weighted by Crippen LogP contribution is 2.52. The molecule has 0 N–H and O–H groups in total. The molecular weight excluding hydrogens is 829 g/mol.